The minimum atomic E-state index is -3.21. The number of carbonyl (C=O) groups is 1. The summed E-state index contributed by atoms with van der Waals surface area (Å²) in [4.78, 5) is 17.2. The number of hydrogen-bond donors (Lipinski definition) is 1. The first-order valence-electron chi connectivity index (χ1n) is 8.68. The van der Waals surface area contributed by atoms with E-state index < -0.39 is 15.9 Å². The van der Waals surface area contributed by atoms with Gasteiger partial charge in [-0.25, -0.2) is 13.2 Å². The van der Waals surface area contributed by atoms with E-state index in [0.29, 0.717) is 25.4 Å². The van der Waals surface area contributed by atoms with Gasteiger partial charge in [-0.15, -0.1) is 0 Å². The molecule has 0 aliphatic carbocycles. The number of nitrogens with zero attached hydrogens (tertiary/aromatic N) is 2. The van der Waals surface area contributed by atoms with Gasteiger partial charge in [-0.1, -0.05) is 6.07 Å². The Morgan fingerprint density at radius 1 is 1.19 bits per heavy atom. The van der Waals surface area contributed by atoms with Crippen LogP contribution in [0.4, 0.5) is 4.79 Å². The van der Waals surface area contributed by atoms with E-state index in [0.717, 1.165) is 24.1 Å². The Kier molecular flexibility index (Phi) is 5.65. The molecule has 2 aromatic rings. The molecule has 1 aromatic carbocycles. The van der Waals surface area contributed by atoms with Crippen molar-refractivity contribution in [2.45, 2.75) is 30.3 Å². The summed E-state index contributed by atoms with van der Waals surface area (Å²) in [7, 11) is -3.21. The van der Waals surface area contributed by atoms with Gasteiger partial charge in [0.2, 0.25) is 0 Å². The zero-order chi connectivity index (χ0) is 19.4. The summed E-state index contributed by atoms with van der Waals surface area (Å²) in [6, 6.07) is 10.2. The van der Waals surface area contributed by atoms with Gasteiger partial charge in [0.05, 0.1) is 4.90 Å². The van der Waals surface area contributed by atoms with E-state index in [-0.39, 0.29) is 10.8 Å². The lowest BCUT2D eigenvalue weighted by molar-refractivity contribution is 0.131. The highest BCUT2D eigenvalue weighted by Gasteiger charge is 2.24. The molecule has 2 heterocycles. The zero-order valence-electron chi connectivity index (χ0n) is 15.0. The standard InChI is InChI=1S/C19H22N2O5S/c1-27(24,25)17-5-3-16(4-6-17)26-13-14-2-7-18(20-12-14)15-8-10-21(11-9-15)19(22)23/h2-7,12,15H,8-11,13H2,1H3,(H,22,23). The van der Waals surface area contributed by atoms with Crippen LogP contribution in [-0.4, -0.2) is 48.8 Å². The third-order valence-electron chi connectivity index (χ3n) is 4.69. The zero-order valence-corrected chi connectivity index (χ0v) is 15.9. The molecule has 144 valence electrons. The molecule has 1 saturated heterocycles. The predicted octanol–water partition coefficient (Wildman–Crippen LogP) is 2.92. The Balaban J connectivity index is 1.54. The van der Waals surface area contributed by atoms with Crippen molar-refractivity contribution in [1.82, 2.24) is 9.88 Å². The summed E-state index contributed by atoms with van der Waals surface area (Å²) in [5, 5.41) is 9.01. The molecule has 0 unspecified atom stereocenters. The number of likely N-dealkylation sites (tertiary alicyclic amines) is 1. The molecule has 1 aliphatic rings. The van der Waals surface area contributed by atoms with Crippen LogP contribution in [0.3, 0.4) is 0 Å². The van der Waals surface area contributed by atoms with Crippen molar-refractivity contribution in [2.75, 3.05) is 19.3 Å². The SMILES string of the molecule is CS(=O)(=O)c1ccc(OCc2ccc(C3CCN(C(=O)O)CC3)nc2)cc1. The van der Waals surface area contributed by atoms with Crippen LogP contribution in [0.5, 0.6) is 5.75 Å². The van der Waals surface area contributed by atoms with Crippen LogP contribution in [0.2, 0.25) is 0 Å². The monoisotopic (exact) mass is 390 g/mol. The van der Waals surface area contributed by atoms with Crippen molar-refractivity contribution >= 4 is 15.9 Å². The maximum absolute atomic E-state index is 11.5. The molecular formula is C19H22N2O5S. The van der Waals surface area contributed by atoms with Gasteiger partial charge in [-0.05, 0) is 43.2 Å². The van der Waals surface area contributed by atoms with Crippen LogP contribution in [0, 0.1) is 0 Å². The average molecular weight is 390 g/mol. The van der Waals surface area contributed by atoms with Crippen LogP contribution in [-0.2, 0) is 16.4 Å². The van der Waals surface area contributed by atoms with E-state index in [9.17, 15) is 13.2 Å². The second kappa shape index (κ2) is 7.96. The average Bonchev–Trinajstić information content (AvgIpc) is 2.66. The van der Waals surface area contributed by atoms with E-state index in [2.05, 4.69) is 4.98 Å². The summed E-state index contributed by atoms with van der Waals surface area (Å²) < 4.78 is 28.6. The van der Waals surface area contributed by atoms with Gasteiger partial charge in [0.25, 0.3) is 0 Å². The Hall–Kier alpha value is -2.61. The second-order valence-electron chi connectivity index (χ2n) is 6.67. The maximum atomic E-state index is 11.5. The maximum Gasteiger partial charge on any atom is 0.407 e. The fourth-order valence-electron chi connectivity index (χ4n) is 3.08. The minimum Gasteiger partial charge on any atom is -0.489 e. The number of sulfone groups is 1. The highest BCUT2D eigenvalue weighted by Crippen LogP contribution is 2.27. The fraction of sp³-hybridized carbons (Fsp3) is 0.368. The molecule has 27 heavy (non-hydrogen) atoms. The van der Waals surface area contributed by atoms with Crippen LogP contribution >= 0.6 is 0 Å². The molecule has 0 radical (unpaired) electrons. The summed E-state index contributed by atoms with van der Waals surface area (Å²) >= 11 is 0. The Morgan fingerprint density at radius 3 is 2.37 bits per heavy atom. The van der Waals surface area contributed by atoms with Crippen LogP contribution < -0.4 is 4.74 Å². The first-order valence-corrected chi connectivity index (χ1v) is 10.6. The molecular weight excluding hydrogens is 368 g/mol. The van der Waals surface area contributed by atoms with Crippen LogP contribution in [0.25, 0.3) is 0 Å². The molecule has 0 atom stereocenters. The molecule has 0 saturated carbocycles. The number of piperidine rings is 1. The molecule has 0 bridgehead atoms. The van der Waals surface area contributed by atoms with Crippen LogP contribution in [0.1, 0.15) is 30.0 Å². The smallest absolute Gasteiger partial charge is 0.407 e. The van der Waals surface area contributed by atoms with Gasteiger partial charge < -0.3 is 14.7 Å². The van der Waals surface area contributed by atoms with Gasteiger partial charge in [-0.3, -0.25) is 4.98 Å². The Bertz CT molecular complexity index is 887. The number of benzene rings is 1. The molecule has 1 fully saturated rings. The molecule has 1 amide bonds. The number of ether oxygens (including phenoxy) is 1. The van der Waals surface area contributed by atoms with E-state index in [1.165, 1.54) is 23.3 Å². The highest BCUT2D eigenvalue weighted by molar-refractivity contribution is 7.90. The third-order valence-corrected chi connectivity index (χ3v) is 5.82. The van der Waals surface area contributed by atoms with Crippen molar-refractivity contribution < 1.29 is 23.1 Å². The Morgan fingerprint density at radius 2 is 1.85 bits per heavy atom. The molecule has 1 N–H and O–H groups in total. The second-order valence-corrected chi connectivity index (χ2v) is 8.68. The number of aromatic nitrogens is 1. The first kappa shape index (κ1) is 19.2. The predicted molar refractivity (Wildman–Crippen MR) is 99.7 cm³/mol. The molecule has 3 rings (SSSR count). The molecule has 1 aliphatic heterocycles. The van der Waals surface area contributed by atoms with Gasteiger partial charge in [0.1, 0.15) is 12.4 Å². The van der Waals surface area contributed by atoms with Crippen molar-refractivity contribution in [3.05, 3.63) is 53.9 Å². The van der Waals surface area contributed by atoms with Gasteiger partial charge in [-0.2, -0.15) is 0 Å². The molecule has 0 spiro atoms. The summed E-state index contributed by atoms with van der Waals surface area (Å²) in [6.07, 6.45) is 3.63. The number of amides is 1. The summed E-state index contributed by atoms with van der Waals surface area (Å²) in [5.74, 6) is 0.867. The van der Waals surface area contributed by atoms with Crippen molar-refractivity contribution in [2.24, 2.45) is 0 Å². The number of rotatable bonds is 5. The van der Waals surface area contributed by atoms with Crippen molar-refractivity contribution in [1.29, 1.82) is 0 Å². The third kappa shape index (κ3) is 4.97. The molecule has 1 aromatic heterocycles. The van der Waals surface area contributed by atoms with Gasteiger partial charge in [0, 0.05) is 42.7 Å². The van der Waals surface area contributed by atoms with Gasteiger partial charge >= 0.3 is 6.09 Å². The molecule has 7 nitrogen and oxygen atoms in total. The Labute approximate surface area is 158 Å². The van der Waals surface area contributed by atoms with E-state index in [4.69, 9.17) is 9.84 Å². The lowest BCUT2D eigenvalue weighted by atomic mass is 9.93. The normalized spacial score (nSPS) is 15.5. The van der Waals surface area contributed by atoms with E-state index in [1.807, 2.05) is 12.1 Å². The van der Waals surface area contributed by atoms with Gasteiger partial charge in [0.15, 0.2) is 9.84 Å². The van der Waals surface area contributed by atoms with Crippen LogP contribution in [0.15, 0.2) is 47.5 Å². The topological polar surface area (TPSA) is 96.8 Å². The highest BCUT2D eigenvalue weighted by atomic mass is 32.2. The number of carboxylic acid groups (broad SMARTS) is 1. The number of pyridine rings is 1. The number of hydrogen-bond acceptors (Lipinski definition) is 5. The lowest BCUT2D eigenvalue weighted by Crippen LogP contribution is -2.36. The first-order chi connectivity index (χ1) is 12.8. The minimum absolute atomic E-state index is 0.259. The lowest BCUT2D eigenvalue weighted by Gasteiger charge is -2.29. The summed E-state index contributed by atoms with van der Waals surface area (Å²) in [5.41, 5.74) is 1.88. The van der Waals surface area contributed by atoms with E-state index in [1.54, 1.807) is 18.3 Å². The molecule has 8 heteroatoms. The largest absolute Gasteiger partial charge is 0.489 e. The quantitative estimate of drug-likeness (QED) is 0.843. The summed E-state index contributed by atoms with van der Waals surface area (Å²) in [6.45, 7) is 1.41. The fourth-order valence-corrected chi connectivity index (χ4v) is 3.71. The van der Waals surface area contributed by atoms with E-state index >= 15 is 0 Å². The van der Waals surface area contributed by atoms with Crippen molar-refractivity contribution in [3.63, 3.8) is 0 Å². The van der Waals surface area contributed by atoms with Crippen molar-refractivity contribution in [3.8, 4) is 5.75 Å².